The van der Waals surface area contributed by atoms with E-state index in [1.54, 1.807) is 0 Å². The van der Waals surface area contributed by atoms with Crippen LogP contribution in [0.4, 0.5) is 0 Å². The Hall–Kier alpha value is -1.31. The van der Waals surface area contributed by atoms with Crippen LogP contribution in [0.2, 0.25) is 0 Å². The molecular weight excluding hydrogens is 160 g/mol. The molecule has 0 unspecified atom stereocenters. The first-order valence-electron chi connectivity index (χ1n) is 4.61. The summed E-state index contributed by atoms with van der Waals surface area (Å²) < 4.78 is 2.10. The summed E-state index contributed by atoms with van der Waals surface area (Å²) >= 11 is 0. The Morgan fingerprint density at radius 3 is 2.77 bits per heavy atom. The summed E-state index contributed by atoms with van der Waals surface area (Å²) in [6.45, 7) is 6.53. The fourth-order valence-electron chi connectivity index (χ4n) is 1.56. The molecule has 0 aliphatic heterocycles. The molecule has 0 fully saturated rings. The van der Waals surface area contributed by atoms with E-state index in [1.807, 2.05) is 12.5 Å². The lowest BCUT2D eigenvalue weighted by Crippen LogP contribution is -1.94. The molecule has 0 bridgehead atoms. The van der Waals surface area contributed by atoms with Crippen molar-refractivity contribution < 1.29 is 0 Å². The van der Waals surface area contributed by atoms with E-state index in [9.17, 15) is 0 Å². The molecule has 0 spiro atoms. The van der Waals surface area contributed by atoms with Crippen molar-refractivity contribution in [2.24, 2.45) is 0 Å². The number of hydrogen-bond donors (Lipinski definition) is 0. The number of imidazole rings is 1. The lowest BCUT2D eigenvalue weighted by atomic mass is 10.0. The number of rotatable bonds is 1. The molecule has 0 aromatic carbocycles. The van der Waals surface area contributed by atoms with Gasteiger partial charge in [-0.25, -0.2) is 4.98 Å². The molecule has 2 rings (SSSR count). The highest BCUT2D eigenvalue weighted by molar-refractivity contribution is 5.49. The van der Waals surface area contributed by atoms with Gasteiger partial charge in [-0.05, 0) is 30.5 Å². The highest BCUT2D eigenvalue weighted by Gasteiger charge is 2.03. The van der Waals surface area contributed by atoms with Crippen molar-refractivity contribution in [3.8, 4) is 0 Å². The number of aryl methyl sites for hydroxylation is 1. The molecule has 68 valence electrons. The maximum Gasteiger partial charge on any atom is 0.0994 e. The fourth-order valence-corrected chi connectivity index (χ4v) is 1.56. The molecule has 0 aliphatic rings. The number of hydrogen-bond acceptors (Lipinski definition) is 1. The summed E-state index contributed by atoms with van der Waals surface area (Å²) in [5, 5.41) is 0. The first-order chi connectivity index (χ1) is 6.18. The summed E-state index contributed by atoms with van der Waals surface area (Å²) in [7, 11) is 0. The van der Waals surface area contributed by atoms with E-state index < -0.39 is 0 Å². The van der Waals surface area contributed by atoms with Crippen LogP contribution in [-0.4, -0.2) is 9.38 Å². The van der Waals surface area contributed by atoms with Gasteiger partial charge in [0.2, 0.25) is 0 Å². The molecule has 2 heteroatoms. The van der Waals surface area contributed by atoms with E-state index in [0.29, 0.717) is 5.92 Å². The SMILES string of the molecule is Cc1cc(C(C)C)cc2cncn12. The third-order valence-corrected chi connectivity index (χ3v) is 2.40. The average molecular weight is 174 g/mol. The van der Waals surface area contributed by atoms with E-state index >= 15 is 0 Å². The molecule has 2 heterocycles. The van der Waals surface area contributed by atoms with E-state index in [4.69, 9.17) is 0 Å². The molecule has 0 amide bonds. The van der Waals surface area contributed by atoms with Gasteiger partial charge in [-0.15, -0.1) is 0 Å². The van der Waals surface area contributed by atoms with Gasteiger partial charge in [0.05, 0.1) is 18.0 Å². The standard InChI is InChI=1S/C11H14N2/c1-8(2)10-4-9(3)13-7-12-6-11(13)5-10/h4-8H,1-3H3. The minimum atomic E-state index is 0.582. The van der Waals surface area contributed by atoms with Gasteiger partial charge >= 0.3 is 0 Å². The molecule has 0 aliphatic carbocycles. The molecule has 0 N–H and O–H groups in total. The number of nitrogens with zero attached hydrogens (tertiary/aromatic N) is 2. The lowest BCUT2D eigenvalue weighted by Gasteiger charge is -2.08. The fraction of sp³-hybridized carbons (Fsp3) is 0.364. The topological polar surface area (TPSA) is 17.3 Å². The summed E-state index contributed by atoms with van der Waals surface area (Å²) in [5.41, 5.74) is 3.81. The molecule has 0 saturated heterocycles. The second-order valence-electron chi connectivity index (χ2n) is 3.77. The van der Waals surface area contributed by atoms with Crippen LogP contribution < -0.4 is 0 Å². The van der Waals surface area contributed by atoms with Gasteiger partial charge in [-0.1, -0.05) is 13.8 Å². The van der Waals surface area contributed by atoms with Gasteiger partial charge in [-0.2, -0.15) is 0 Å². The van der Waals surface area contributed by atoms with Crippen LogP contribution in [-0.2, 0) is 0 Å². The average Bonchev–Trinajstić information content (AvgIpc) is 2.51. The Kier molecular flexibility index (Phi) is 1.83. The van der Waals surface area contributed by atoms with E-state index in [2.05, 4.69) is 42.3 Å². The third kappa shape index (κ3) is 1.32. The number of fused-ring (bicyclic) bond motifs is 1. The Morgan fingerprint density at radius 1 is 1.31 bits per heavy atom. The van der Waals surface area contributed by atoms with Crippen molar-refractivity contribution >= 4 is 5.52 Å². The highest BCUT2D eigenvalue weighted by Crippen LogP contribution is 2.18. The smallest absolute Gasteiger partial charge is 0.0994 e. The summed E-state index contributed by atoms with van der Waals surface area (Å²) in [6.07, 6.45) is 3.76. The van der Waals surface area contributed by atoms with Crippen molar-refractivity contribution in [3.05, 3.63) is 35.9 Å². The normalized spacial score (nSPS) is 11.4. The number of pyridine rings is 1. The Labute approximate surface area is 78.2 Å². The van der Waals surface area contributed by atoms with Crippen molar-refractivity contribution in [1.82, 2.24) is 9.38 Å². The molecule has 2 aromatic heterocycles. The van der Waals surface area contributed by atoms with E-state index in [-0.39, 0.29) is 0 Å². The van der Waals surface area contributed by atoms with Crippen LogP contribution in [0.5, 0.6) is 0 Å². The van der Waals surface area contributed by atoms with Gasteiger partial charge < -0.3 is 4.40 Å². The zero-order valence-corrected chi connectivity index (χ0v) is 8.28. The van der Waals surface area contributed by atoms with Crippen LogP contribution >= 0.6 is 0 Å². The van der Waals surface area contributed by atoms with E-state index in [1.165, 1.54) is 16.8 Å². The lowest BCUT2D eigenvalue weighted by molar-refractivity contribution is 0.858. The van der Waals surface area contributed by atoms with Crippen LogP contribution in [0, 0.1) is 6.92 Å². The largest absolute Gasteiger partial charge is 0.304 e. The van der Waals surface area contributed by atoms with Crippen molar-refractivity contribution in [1.29, 1.82) is 0 Å². The highest BCUT2D eigenvalue weighted by atomic mass is 15.0. The monoisotopic (exact) mass is 174 g/mol. The molecule has 0 radical (unpaired) electrons. The Bertz CT molecular complexity index is 427. The van der Waals surface area contributed by atoms with Crippen molar-refractivity contribution in [3.63, 3.8) is 0 Å². The molecular formula is C11H14N2. The molecule has 2 nitrogen and oxygen atoms in total. The minimum Gasteiger partial charge on any atom is -0.304 e. The van der Waals surface area contributed by atoms with Crippen LogP contribution in [0.15, 0.2) is 24.7 Å². The van der Waals surface area contributed by atoms with Gasteiger partial charge in [0.1, 0.15) is 0 Å². The quantitative estimate of drug-likeness (QED) is 0.649. The van der Waals surface area contributed by atoms with Crippen LogP contribution in [0.3, 0.4) is 0 Å². The number of aromatic nitrogens is 2. The zero-order valence-electron chi connectivity index (χ0n) is 8.28. The van der Waals surface area contributed by atoms with Gasteiger partial charge in [0.15, 0.2) is 0 Å². The minimum absolute atomic E-state index is 0.582. The van der Waals surface area contributed by atoms with Gasteiger partial charge in [0.25, 0.3) is 0 Å². The van der Waals surface area contributed by atoms with Gasteiger partial charge in [-0.3, -0.25) is 0 Å². The van der Waals surface area contributed by atoms with Gasteiger partial charge in [0, 0.05) is 5.69 Å². The molecule has 0 saturated carbocycles. The second kappa shape index (κ2) is 2.87. The maximum atomic E-state index is 4.13. The first kappa shape index (κ1) is 8.30. The summed E-state index contributed by atoms with van der Waals surface area (Å²) in [4.78, 5) is 4.13. The predicted octanol–water partition coefficient (Wildman–Crippen LogP) is 2.77. The first-order valence-corrected chi connectivity index (χ1v) is 4.61. The van der Waals surface area contributed by atoms with Crippen molar-refractivity contribution in [2.75, 3.05) is 0 Å². The Balaban J connectivity index is 2.70. The van der Waals surface area contributed by atoms with Crippen LogP contribution in [0.1, 0.15) is 31.0 Å². The second-order valence-corrected chi connectivity index (χ2v) is 3.77. The van der Waals surface area contributed by atoms with E-state index in [0.717, 1.165) is 0 Å². The zero-order chi connectivity index (χ0) is 9.42. The summed E-state index contributed by atoms with van der Waals surface area (Å²) in [6, 6.07) is 4.42. The molecule has 0 atom stereocenters. The van der Waals surface area contributed by atoms with Crippen LogP contribution in [0.25, 0.3) is 5.52 Å². The maximum absolute atomic E-state index is 4.13. The Morgan fingerprint density at radius 2 is 2.08 bits per heavy atom. The summed E-state index contributed by atoms with van der Waals surface area (Å²) in [5.74, 6) is 0.582. The van der Waals surface area contributed by atoms with Crippen molar-refractivity contribution in [2.45, 2.75) is 26.7 Å². The molecule has 13 heavy (non-hydrogen) atoms. The third-order valence-electron chi connectivity index (χ3n) is 2.40. The molecule has 2 aromatic rings. The predicted molar refractivity (Wildman–Crippen MR) is 54.0 cm³/mol.